The van der Waals surface area contributed by atoms with E-state index in [1.165, 1.54) is 11.4 Å². The van der Waals surface area contributed by atoms with Crippen LogP contribution in [-0.2, 0) is 16.4 Å². The molecule has 4 aromatic rings. The van der Waals surface area contributed by atoms with E-state index in [-0.39, 0.29) is 10.5 Å². The van der Waals surface area contributed by atoms with E-state index in [4.69, 9.17) is 4.98 Å². The third-order valence-electron chi connectivity index (χ3n) is 6.02. The van der Waals surface area contributed by atoms with Crippen molar-refractivity contribution in [1.82, 2.24) is 13.9 Å². The molecule has 34 heavy (non-hydrogen) atoms. The molecule has 0 amide bonds. The first-order chi connectivity index (χ1) is 16.3. The Morgan fingerprint density at radius 2 is 1.62 bits per heavy atom. The topological polar surface area (TPSA) is 72.3 Å². The highest BCUT2D eigenvalue weighted by molar-refractivity contribution is 9.10. The Morgan fingerprint density at radius 3 is 2.24 bits per heavy atom. The van der Waals surface area contributed by atoms with Gasteiger partial charge in [0.15, 0.2) is 0 Å². The molecule has 1 heterocycles. The molecule has 0 aliphatic carbocycles. The molecular weight excluding hydrogens is 514 g/mol. The molecule has 0 spiro atoms. The van der Waals surface area contributed by atoms with Gasteiger partial charge in [-0.15, -0.1) is 0 Å². The second-order valence-corrected chi connectivity index (χ2v) is 11.0. The van der Waals surface area contributed by atoms with Gasteiger partial charge in [-0.1, -0.05) is 54.0 Å². The monoisotopic (exact) mass is 539 g/mol. The lowest BCUT2D eigenvalue weighted by atomic mass is 10.1. The molecule has 0 saturated heterocycles. The van der Waals surface area contributed by atoms with Gasteiger partial charge in [-0.3, -0.25) is 9.36 Å². The standard InChI is InChI=1S/C26H26BrN3O3S/c1-4-18-10-14-20(15-11-18)30-25(28-23-9-7-6-8-22(23)26(30)31)24(5-2)29(3)34(32,33)21-16-12-19(27)13-17-21/h6-17,24H,4-5H2,1-3H3. The molecule has 8 heteroatoms. The van der Waals surface area contributed by atoms with Gasteiger partial charge in [0.2, 0.25) is 10.0 Å². The number of benzene rings is 3. The maximum absolute atomic E-state index is 13.7. The molecule has 0 aliphatic heterocycles. The average molecular weight is 540 g/mol. The van der Waals surface area contributed by atoms with Gasteiger partial charge in [-0.25, -0.2) is 13.4 Å². The maximum atomic E-state index is 13.7. The largest absolute Gasteiger partial charge is 0.268 e. The lowest BCUT2D eigenvalue weighted by Crippen LogP contribution is -2.36. The van der Waals surface area contributed by atoms with E-state index in [0.717, 1.165) is 16.5 Å². The van der Waals surface area contributed by atoms with E-state index >= 15 is 0 Å². The summed E-state index contributed by atoms with van der Waals surface area (Å²) in [5.41, 5.74) is 2.12. The van der Waals surface area contributed by atoms with Crippen molar-refractivity contribution in [3.05, 3.63) is 99.0 Å². The highest BCUT2D eigenvalue weighted by Gasteiger charge is 2.32. The first kappa shape index (κ1) is 24.3. The first-order valence-corrected chi connectivity index (χ1v) is 13.4. The Kier molecular flexibility index (Phi) is 7.02. The van der Waals surface area contributed by atoms with Gasteiger partial charge < -0.3 is 0 Å². The lowest BCUT2D eigenvalue weighted by Gasteiger charge is -2.28. The van der Waals surface area contributed by atoms with E-state index < -0.39 is 16.1 Å². The number of halogens is 1. The second kappa shape index (κ2) is 9.82. The Labute approximate surface area is 208 Å². The molecule has 3 aromatic carbocycles. The van der Waals surface area contributed by atoms with Crippen molar-refractivity contribution < 1.29 is 8.42 Å². The van der Waals surface area contributed by atoms with Gasteiger partial charge in [0.1, 0.15) is 5.82 Å². The van der Waals surface area contributed by atoms with E-state index in [9.17, 15) is 13.2 Å². The van der Waals surface area contributed by atoms with E-state index in [1.807, 2.05) is 37.3 Å². The smallest absolute Gasteiger partial charge is 0.266 e. The van der Waals surface area contributed by atoms with Gasteiger partial charge in [-0.2, -0.15) is 4.31 Å². The molecular formula is C26H26BrN3O3S. The molecule has 0 aliphatic rings. The van der Waals surface area contributed by atoms with Crippen molar-refractivity contribution in [1.29, 1.82) is 0 Å². The van der Waals surface area contributed by atoms with Crippen LogP contribution in [0.3, 0.4) is 0 Å². The molecule has 1 unspecified atom stereocenters. The SMILES string of the molecule is CCc1ccc(-n2c(C(CC)N(C)S(=O)(=O)c3ccc(Br)cc3)nc3ccccc3c2=O)cc1. The Hall–Kier alpha value is -2.81. The molecule has 6 nitrogen and oxygen atoms in total. The van der Waals surface area contributed by atoms with Crippen LogP contribution in [0.2, 0.25) is 0 Å². The summed E-state index contributed by atoms with van der Waals surface area (Å²) in [6, 6.07) is 20.7. The summed E-state index contributed by atoms with van der Waals surface area (Å²) < 4.78 is 30.6. The lowest BCUT2D eigenvalue weighted by molar-refractivity contribution is 0.347. The van der Waals surface area contributed by atoms with E-state index in [0.29, 0.717) is 28.8 Å². The third-order valence-corrected chi connectivity index (χ3v) is 8.43. The van der Waals surface area contributed by atoms with Crippen molar-refractivity contribution in [2.45, 2.75) is 37.6 Å². The fourth-order valence-corrected chi connectivity index (χ4v) is 5.70. The number of aromatic nitrogens is 2. The highest BCUT2D eigenvalue weighted by atomic mass is 79.9. The number of fused-ring (bicyclic) bond motifs is 1. The summed E-state index contributed by atoms with van der Waals surface area (Å²) in [6.45, 7) is 3.96. The summed E-state index contributed by atoms with van der Waals surface area (Å²) in [5, 5.41) is 0.485. The Bertz CT molecular complexity index is 1480. The van der Waals surface area contributed by atoms with Crippen LogP contribution in [0.5, 0.6) is 0 Å². The fourth-order valence-electron chi connectivity index (χ4n) is 4.05. The summed E-state index contributed by atoms with van der Waals surface area (Å²) in [7, 11) is -2.29. The van der Waals surface area contributed by atoms with E-state index in [1.54, 1.807) is 47.0 Å². The molecule has 0 saturated carbocycles. The van der Waals surface area contributed by atoms with E-state index in [2.05, 4.69) is 22.9 Å². The number of aryl methyl sites for hydroxylation is 1. The predicted molar refractivity (Wildman–Crippen MR) is 139 cm³/mol. The Balaban J connectivity index is 1.93. The summed E-state index contributed by atoms with van der Waals surface area (Å²) in [6.07, 6.45) is 1.31. The number of hydrogen-bond acceptors (Lipinski definition) is 4. The summed E-state index contributed by atoms with van der Waals surface area (Å²) in [4.78, 5) is 18.7. The van der Waals surface area contributed by atoms with Crippen LogP contribution in [-0.4, -0.2) is 29.3 Å². The molecule has 0 bridgehead atoms. The minimum Gasteiger partial charge on any atom is -0.268 e. The number of sulfonamides is 1. The predicted octanol–water partition coefficient (Wildman–Crippen LogP) is 5.48. The van der Waals surface area contributed by atoms with Crippen molar-refractivity contribution in [3.63, 3.8) is 0 Å². The number of rotatable bonds is 7. The van der Waals surface area contributed by atoms with Crippen LogP contribution in [0, 0.1) is 0 Å². The van der Waals surface area contributed by atoms with Crippen LogP contribution >= 0.6 is 15.9 Å². The minimum absolute atomic E-state index is 0.179. The van der Waals surface area contributed by atoms with Gasteiger partial charge in [0.05, 0.1) is 27.5 Å². The molecule has 0 radical (unpaired) electrons. The van der Waals surface area contributed by atoms with Crippen LogP contribution in [0.25, 0.3) is 16.6 Å². The average Bonchev–Trinajstić information content (AvgIpc) is 2.85. The van der Waals surface area contributed by atoms with Crippen molar-refractivity contribution in [3.8, 4) is 5.69 Å². The van der Waals surface area contributed by atoms with Crippen molar-refractivity contribution in [2.24, 2.45) is 0 Å². The highest BCUT2D eigenvalue weighted by Crippen LogP contribution is 2.30. The summed E-state index contributed by atoms with van der Waals surface area (Å²) >= 11 is 3.35. The Morgan fingerprint density at radius 1 is 0.971 bits per heavy atom. The van der Waals surface area contributed by atoms with Crippen molar-refractivity contribution in [2.75, 3.05) is 7.05 Å². The van der Waals surface area contributed by atoms with Crippen LogP contribution in [0.15, 0.2) is 87.0 Å². The maximum Gasteiger partial charge on any atom is 0.266 e. The first-order valence-electron chi connectivity index (χ1n) is 11.1. The molecule has 0 N–H and O–H groups in total. The zero-order chi connectivity index (χ0) is 24.5. The van der Waals surface area contributed by atoms with Crippen LogP contribution in [0.4, 0.5) is 0 Å². The molecule has 1 atom stereocenters. The number of para-hydroxylation sites is 1. The minimum atomic E-state index is -3.83. The van der Waals surface area contributed by atoms with Crippen LogP contribution < -0.4 is 5.56 Å². The van der Waals surface area contributed by atoms with Gasteiger partial charge in [0.25, 0.3) is 5.56 Å². The number of nitrogens with zero attached hydrogens (tertiary/aromatic N) is 3. The zero-order valence-corrected chi connectivity index (χ0v) is 21.7. The zero-order valence-electron chi connectivity index (χ0n) is 19.3. The summed E-state index contributed by atoms with van der Waals surface area (Å²) in [5.74, 6) is 0.388. The normalized spacial score (nSPS) is 12.9. The van der Waals surface area contributed by atoms with Gasteiger partial charge in [-0.05, 0) is 66.9 Å². The fraction of sp³-hybridized carbons (Fsp3) is 0.231. The van der Waals surface area contributed by atoms with Gasteiger partial charge in [0, 0.05) is 11.5 Å². The van der Waals surface area contributed by atoms with Crippen LogP contribution in [0.1, 0.15) is 37.7 Å². The van der Waals surface area contributed by atoms with Crippen molar-refractivity contribution >= 4 is 36.9 Å². The molecule has 4 rings (SSSR count). The second-order valence-electron chi connectivity index (χ2n) is 8.05. The molecule has 0 fully saturated rings. The molecule has 176 valence electrons. The number of hydrogen-bond donors (Lipinski definition) is 0. The third kappa shape index (κ3) is 4.45. The van der Waals surface area contributed by atoms with Gasteiger partial charge >= 0.3 is 0 Å². The quantitative estimate of drug-likeness (QED) is 0.311. The molecule has 1 aromatic heterocycles.